The molecule has 35 heavy (non-hydrogen) atoms. The van der Waals surface area contributed by atoms with E-state index in [1.165, 1.54) is 6.92 Å². The summed E-state index contributed by atoms with van der Waals surface area (Å²) in [6, 6.07) is 14.3. The van der Waals surface area contributed by atoms with Crippen molar-refractivity contribution in [2.45, 2.75) is 19.8 Å². The van der Waals surface area contributed by atoms with Gasteiger partial charge >= 0.3 is 0 Å². The van der Waals surface area contributed by atoms with Gasteiger partial charge in [-0.1, -0.05) is 46.9 Å². The largest absolute Gasteiger partial charge is 0.430 e. The fraction of sp³-hybridized carbons (Fsp3) is 0.192. The standard InChI is InChI=1S/C26H20Cl3N3O3/c1-14(33)30-23-20-13-19(15-4-6-16(27)7-5-15)22(18-9-8-17(28)12-21(18)29)31-25(20)35-24(23)26(34)32-10-2-3-11-32/h4-9,12-13H,2-3,10-11H2,1H3,(H,30,33). The van der Waals surface area contributed by atoms with Crippen molar-refractivity contribution in [3.8, 4) is 22.4 Å². The van der Waals surface area contributed by atoms with Crippen LogP contribution in [0.2, 0.25) is 15.1 Å². The summed E-state index contributed by atoms with van der Waals surface area (Å²) in [4.78, 5) is 31.8. The van der Waals surface area contributed by atoms with Crippen molar-refractivity contribution in [2.75, 3.05) is 18.4 Å². The zero-order valence-corrected chi connectivity index (χ0v) is 21.0. The minimum absolute atomic E-state index is 0.0611. The summed E-state index contributed by atoms with van der Waals surface area (Å²) in [5, 5.41) is 4.81. The Balaban J connectivity index is 1.78. The SMILES string of the molecule is CC(=O)Nc1c(C(=O)N2CCCC2)oc2nc(-c3ccc(Cl)cc3Cl)c(-c3ccc(Cl)cc3)cc12. The van der Waals surface area contributed by atoms with Crippen LogP contribution < -0.4 is 5.32 Å². The molecule has 1 N–H and O–H groups in total. The monoisotopic (exact) mass is 527 g/mol. The van der Waals surface area contributed by atoms with Crippen molar-refractivity contribution in [1.82, 2.24) is 9.88 Å². The van der Waals surface area contributed by atoms with Crippen LogP contribution in [0, 0.1) is 0 Å². The number of anilines is 1. The zero-order valence-electron chi connectivity index (χ0n) is 18.7. The number of nitrogens with zero attached hydrogens (tertiary/aromatic N) is 2. The fourth-order valence-corrected chi connectivity index (χ4v) is 4.90. The van der Waals surface area contributed by atoms with E-state index in [9.17, 15) is 9.59 Å². The molecular formula is C26H20Cl3N3O3. The smallest absolute Gasteiger partial charge is 0.291 e. The number of benzene rings is 2. The summed E-state index contributed by atoms with van der Waals surface area (Å²) in [5.74, 6) is -0.532. The van der Waals surface area contributed by atoms with E-state index >= 15 is 0 Å². The van der Waals surface area contributed by atoms with Crippen molar-refractivity contribution in [1.29, 1.82) is 0 Å². The average Bonchev–Trinajstić information content (AvgIpc) is 3.47. The molecule has 0 atom stereocenters. The second-order valence-electron chi connectivity index (χ2n) is 8.35. The summed E-state index contributed by atoms with van der Waals surface area (Å²) in [6.07, 6.45) is 1.86. The topological polar surface area (TPSA) is 75.4 Å². The molecule has 1 saturated heterocycles. The van der Waals surface area contributed by atoms with E-state index in [0.29, 0.717) is 50.5 Å². The van der Waals surface area contributed by atoms with Crippen LogP contribution in [0.3, 0.4) is 0 Å². The number of nitrogens with one attached hydrogen (secondary N) is 1. The van der Waals surface area contributed by atoms with Crippen LogP contribution in [-0.4, -0.2) is 34.8 Å². The Morgan fingerprint density at radius 2 is 1.63 bits per heavy atom. The van der Waals surface area contributed by atoms with Gasteiger partial charge in [0.15, 0.2) is 0 Å². The Bertz CT molecular complexity index is 1460. The van der Waals surface area contributed by atoms with E-state index in [2.05, 4.69) is 5.32 Å². The highest BCUT2D eigenvalue weighted by molar-refractivity contribution is 6.36. The summed E-state index contributed by atoms with van der Waals surface area (Å²) < 4.78 is 6.00. The maximum atomic E-state index is 13.3. The molecule has 1 aliphatic rings. The minimum atomic E-state index is -0.318. The van der Waals surface area contributed by atoms with Crippen molar-refractivity contribution < 1.29 is 14.0 Å². The van der Waals surface area contributed by atoms with Crippen LogP contribution in [0.15, 0.2) is 52.9 Å². The number of fused-ring (bicyclic) bond motifs is 1. The minimum Gasteiger partial charge on any atom is -0.430 e. The van der Waals surface area contributed by atoms with Gasteiger partial charge in [-0.3, -0.25) is 9.59 Å². The van der Waals surface area contributed by atoms with Gasteiger partial charge in [0.05, 0.1) is 16.1 Å². The number of furan rings is 1. The van der Waals surface area contributed by atoms with Gasteiger partial charge in [0.1, 0.15) is 5.69 Å². The zero-order chi connectivity index (χ0) is 24.7. The first-order chi connectivity index (χ1) is 16.8. The number of hydrogen-bond acceptors (Lipinski definition) is 4. The van der Waals surface area contributed by atoms with E-state index in [1.807, 2.05) is 18.2 Å². The lowest BCUT2D eigenvalue weighted by molar-refractivity contribution is -0.114. The summed E-state index contributed by atoms with van der Waals surface area (Å²) in [7, 11) is 0. The van der Waals surface area contributed by atoms with Crippen LogP contribution in [0.25, 0.3) is 33.5 Å². The van der Waals surface area contributed by atoms with Crippen molar-refractivity contribution in [3.63, 3.8) is 0 Å². The third-order valence-electron chi connectivity index (χ3n) is 5.91. The molecule has 6 nitrogen and oxygen atoms in total. The fourth-order valence-electron chi connectivity index (χ4n) is 4.27. The number of rotatable bonds is 4. The van der Waals surface area contributed by atoms with Gasteiger partial charge in [0.2, 0.25) is 17.4 Å². The van der Waals surface area contributed by atoms with Gasteiger partial charge in [-0.15, -0.1) is 0 Å². The second-order valence-corrected chi connectivity index (χ2v) is 9.64. The number of hydrogen-bond donors (Lipinski definition) is 1. The molecule has 178 valence electrons. The second kappa shape index (κ2) is 9.53. The summed E-state index contributed by atoms with van der Waals surface area (Å²) in [6.45, 7) is 2.67. The van der Waals surface area contributed by atoms with E-state index in [-0.39, 0.29) is 23.3 Å². The molecule has 4 aromatic rings. The normalized spacial score (nSPS) is 13.4. The Morgan fingerprint density at radius 3 is 2.29 bits per heavy atom. The van der Waals surface area contributed by atoms with Crippen LogP contribution in [0.1, 0.15) is 30.3 Å². The molecule has 9 heteroatoms. The first-order valence-electron chi connectivity index (χ1n) is 11.1. The molecule has 0 saturated carbocycles. The van der Waals surface area contributed by atoms with Crippen LogP contribution >= 0.6 is 34.8 Å². The first-order valence-corrected chi connectivity index (χ1v) is 12.2. The van der Waals surface area contributed by atoms with Gasteiger partial charge in [-0.05, 0) is 54.8 Å². The summed E-state index contributed by atoms with van der Waals surface area (Å²) in [5.41, 5.74) is 3.27. The Hall–Kier alpha value is -3.06. The number of likely N-dealkylation sites (tertiary alicyclic amines) is 1. The maximum Gasteiger partial charge on any atom is 0.291 e. The van der Waals surface area contributed by atoms with Crippen molar-refractivity contribution in [3.05, 3.63) is 69.4 Å². The molecule has 0 radical (unpaired) electrons. The molecular weight excluding hydrogens is 509 g/mol. The molecule has 0 unspecified atom stereocenters. The molecule has 3 heterocycles. The molecule has 0 bridgehead atoms. The number of halogens is 3. The number of carbonyl (C=O) groups excluding carboxylic acids is 2. The third kappa shape index (κ3) is 4.61. The Morgan fingerprint density at radius 1 is 0.943 bits per heavy atom. The predicted molar refractivity (Wildman–Crippen MR) is 139 cm³/mol. The lowest BCUT2D eigenvalue weighted by Gasteiger charge is -2.14. The van der Waals surface area contributed by atoms with Crippen molar-refractivity contribution in [2.24, 2.45) is 0 Å². The lowest BCUT2D eigenvalue weighted by Crippen LogP contribution is -2.28. The number of carbonyl (C=O) groups is 2. The van der Waals surface area contributed by atoms with E-state index < -0.39 is 0 Å². The average molecular weight is 529 g/mol. The van der Waals surface area contributed by atoms with Gasteiger partial charge < -0.3 is 14.6 Å². The maximum absolute atomic E-state index is 13.3. The van der Waals surface area contributed by atoms with Crippen molar-refractivity contribution >= 4 is 63.4 Å². The summed E-state index contributed by atoms with van der Waals surface area (Å²) >= 11 is 18.8. The van der Waals surface area contributed by atoms with Gasteiger partial charge in [0.25, 0.3) is 5.91 Å². The molecule has 0 aliphatic carbocycles. The number of aromatic nitrogens is 1. The quantitative estimate of drug-likeness (QED) is 0.301. The number of amides is 2. The molecule has 2 aromatic heterocycles. The van der Waals surface area contributed by atoms with Gasteiger partial charge in [-0.2, -0.15) is 0 Å². The Kier molecular flexibility index (Phi) is 6.45. The first kappa shape index (κ1) is 23.7. The molecule has 2 aromatic carbocycles. The molecule has 2 amide bonds. The third-order valence-corrected chi connectivity index (χ3v) is 6.71. The van der Waals surface area contributed by atoms with Crippen LogP contribution in [0.5, 0.6) is 0 Å². The van der Waals surface area contributed by atoms with Crippen LogP contribution in [-0.2, 0) is 4.79 Å². The highest BCUT2D eigenvalue weighted by Gasteiger charge is 2.29. The number of pyridine rings is 1. The molecule has 0 spiro atoms. The molecule has 5 rings (SSSR count). The van der Waals surface area contributed by atoms with E-state index in [0.717, 1.165) is 24.0 Å². The highest BCUT2D eigenvalue weighted by atomic mass is 35.5. The molecule has 1 aliphatic heterocycles. The highest BCUT2D eigenvalue weighted by Crippen LogP contribution is 2.41. The van der Waals surface area contributed by atoms with Gasteiger partial charge in [0, 0.05) is 41.2 Å². The predicted octanol–water partition coefficient (Wildman–Crippen LogP) is 7.32. The lowest BCUT2D eigenvalue weighted by atomic mass is 9.98. The molecule has 1 fully saturated rings. The van der Waals surface area contributed by atoms with E-state index in [1.54, 1.807) is 35.2 Å². The van der Waals surface area contributed by atoms with Gasteiger partial charge in [-0.25, -0.2) is 4.98 Å². The van der Waals surface area contributed by atoms with E-state index in [4.69, 9.17) is 44.2 Å². The van der Waals surface area contributed by atoms with Crippen LogP contribution in [0.4, 0.5) is 5.69 Å². The Labute approximate surface area is 216 Å².